The Labute approximate surface area is 201 Å². The van der Waals surface area contributed by atoms with Crippen LogP contribution in [0.5, 0.6) is 0 Å². The van der Waals surface area contributed by atoms with Gasteiger partial charge in [0.15, 0.2) is 0 Å². The van der Waals surface area contributed by atoms with Gasteiger partial charge in [0.25, 0.3) is 0 Å². The third-order valence-electron chi connectivity index (χ3n) is 5.84. The van der Waals surface area contributed by atoms with E-state index in [4.69, 9.17) is 16.0 Å². The topological polar surface area (TPSA) is 31.6 Å². The first-order valence-electron chi connectivity index (χ1n) is 11.0. The summed E-state index contributed by atoms with van der Waals surface area (Å²) in [5.74, 6) is 0.900. The fourth-order valence-electron chi connectivity index (χ4n) is 3.96. The zero-order valence-corrected chi connectivity index (χ0v) is 20.3. The normalized spacial score (nSPS) is 11.0. The molecule has 0 saturated heterocycles. The Morgan fingerprint density at radius 1 is 0.788 bits per heavy atom. The first-order valence-corrected chi connectivity index (χ1v) is 11.4. The zero-order valence-electron chi connectivity index (χ0n) is 19.5. The molecule has 0 aliphatic carbocycles. The zero-order chi connectivity index (χ0) is 23.4. The lowest BCUT2D eigenvalue weighted by molar-refractivity contribution is 0.518. The van der Waals surface area contributed by atoms with Crippen LogP contribution in [0.3, 0.4) is 0 Å². The van der Waals surface area contributed by atoms with Crippen LogP contribution in [0.4, 0.5) is 17.1 Å². The van der Waals surface area contributed by atoms with Crippen LogP contribution in [0, 0.1) is 0 Å². The molecule has 33 heavy (non-hydrogen) atoms. The average Bonchev–Trinajstić information content (AvgIpc) is 3.34. The van der Waals surface area contributed by atoms with Gasteiger partial charge in [-0.1, -0.05) is 35.9 Å². The molecule has 170 valence electrons. The molecule has 0 fully saturated rings. The molecule has 1 N–H and O–H groups in total. The van der Waals surface area contributed by atoms with Gasteiger partial charge in [0.1, 0.15) is 5.76 Å². The van der Waals surface area contributed by atoms with Gasteiger partial charge in [0, 0.05) is 56.2 Å². The van der Waals surface area contributed by atoms with Gasteiger partial charge in [-0.2, -0.15) is 0 Å². The highest BCUT2D eigenvalue weighted by molar-refractivity contribution is 6.31. The van der Waals surface area contributed by atoms with Crippen LogP contribution in [0.1, 0.15) is 28.4 Å². The van der Waals surface area contributed by atoms with Crippen LogP contribution in [0.2, 0.25) is 5.02 Å². The molecule has 0 saturated carbocycles. The average molecular weight is 460 g/mol. The Hall–Kier alpha value is -3.37. The van der Waals surface area contributed by atoms with E-state index in [0.29, 0.717) is 6.54 Å². The van der Waals surface area contributed by atoms with E-state index < -0.39 is 0 Å². The van der Waals surface area contributed by atoms with Crippen molar-refractivity contribution in [2.24, 2.45) is 0 Å². The summed E-state index contributed by atoms with van der Waals surface area (Å²) in [6, 6.07) is 27.4. The van der Waals surface area contributed by atoms with Crippen LogP contribution < -0.4 is 15.1 Å². The van der Waals surface area contributed by atoms with Gasteiger partial charge < -0.3 is 19.5 Å². The molecule has 0 atom stereocenters. The number of nitrogens with one attached hydrogen (secondary N) is 1. The molecule has 3 aromatic carbocycles. The third-order valence-corrected chi connectivity index (χ3v) is 6.18. The van der Waals surface area contributed by atoms with E-state index >= 15 is 0 Å². The number of hydrogen-bond acceptors (Lipinski definition) is 4. The molecule has 0 radical (unpaired) electrons. The van der Waals surface area contributed by atoms with Crippen molar-refractivity contribution < 1.29 is 4.42 Å². The van der Waals surface area contributed by atoms with Crippen LogP contribution in [-0.4, -0.2) is 28.2 Å². The lowest BCUT2D eigenvalue weighted by Crippen LogP contribution is -2.11. The van der Waals surface area contributed by atoms with Crippen LogP contribution in [0.15, 0.2) is 89.5 Å². The lowest BCUT2D eigenvalue weighted by atomic mass is 9.84. The molecule has 5 heteroatoms. The summed E-state index contributed by atoms with van der Waals surface area (Å²) in [5.41, 5.74) is 6.80. The van der Waals surface area contributed by atoms with Crippen molar-refractivity contribution in [2.75, 3.05) is 43.3 Å². The van der Waals surface area contributed by atoms with Crippen molar-refractivity contribution in [2.45, 2.75) is 12.5 Å². The fourth-order valence-corrected chi connectivity index (χ4v) is 4.19. The van der Waals surface area contributed by atoms with Crippen molar-refractivity contribution in [3.63, 3.8) is 0 Å². The molecule has 1 heterocycles. The molecule has 0 bridgehead atoms. The molecule has 0 unspecified atom stereocenters. The molecular weight excluding hydrogens is 430 g/mol. The highest BCUT2D eigenvalue weighted by Crippen LogP contribution is 2.38. The molecular formula is C28H30ClN3O. The quantitative estimate of drug-likeness (QED) is 0.292. The van der Waals surface area contributed by atoms with E-state index in [-0.39, 0.29) is 5.92 Å². The highest BCUT2D eigenvalue weighted by atomic mass is 35.5. The third kappa shape index (κ3) is 5.35. The Balaban J connectivity index is 1.74. The Bertz CT molecular complexity index is 1120. The summed E-state index contributed by atoms with van der Waals surface area (Å²) in [4.78, 5) is 4.22. The summed E-state index contributed by atoms with van der Waals surface area (Å²) in [6.45, 7) is 0.619. The largest absolute Gasteiger partial charge is 0.467 e. The molecule has 4 aromatic rings. The second-order valence-electron chi connectivity index (χ2n) is 8.57. The highest BCUT2D eigenvalue weighted by Gasteiger charge is 2.20. The Morgan fingerprint density at radius 3 is 1.85 bits per heavy atom. The summed E-state index contributed by atoms with van der Waals surface area (Å²) >= 11 is 6.79. The van der Waals surface area contributed by atoms with Crippen LogP contribution in [-0.2, 0) is 6.54 Å². The number of rotatable bonds is 8. The minimum atomic E-state index is 0.00953. The first kappa shape index (κ1) is 22.8. The molecule has 0 aliphatic heterocycles. The van der Waals surface area contributed by atoms with Crippen molar-refractivity contribution in [1.29, 1.82) is 0 Å². The predicted octanol–water partition coefficient (Wildman–Crippen LogP) is 6.86. The van der Waals surface area contributed by atoms with E-state index in [1.165, 1.54) is 22.5 Å². The van der Waals surface area contributed by atoms with E-state index in [1.54, 1.807) is 6.26 Å². The fraction of sp³-hybridized carbons (Fsp3) is 0.214. The molecule has 0 aliphatic rings. The van der Waals surface area contributed by atoms with Crippen molar-refractivity contribution in [1.82, 2.24) is 0 Å². The second-order valence-corrected chi connectivity index (χ2v) is 8.98. The van der Waals surface area contributed by atoms with Crippen LogP contribution >= 0.6 is 11.6 Å². The summed E-state index contributed by atoms with van der Waals surface area (Å²) < 4.78 is 5.46. The lowest BCUT2D eigenvalue weighted by Gasteiger charge is -2.23. The van der Waals surface area contributed by atoms with Crippen molar-refractivity contribution in [3.8, 4) is 0 Å². The van der Waals surface area contributed by atoms with E-state index in [1.807, 2.05) is 24.3 Å². The number of halogens is 1. The summed E-state index contributed by atoms with van der Waals surface area (Å²) in [6.07, 6.45) is 1.69. The first-order chi connectivity index (χ1) is 15.9. The van der Waals surface area contributed by atoms with E-state index in [2.05, 4.69) is 97.9 Å². The van der Waals surface area contributed by atoms with Gasteiger partial charge in [-0.25, -0.2) is 0 Å². The summed E-state index contributed by atoms with van der Waals surface area (Å²) in [7, 11) is 8.21. The maximum atomic E-state index is 6.79. The number of anilines is 3. The van der Waals surface area contributed by atoms with Gasteiger partial charge in [0.2, 0.25) is 0 Å². The monoisotopic (exact) mass is 459 g/mol. The molecule has 4 rings (SSSR count). The molecule has 4 nitrogen and oxygen atoms in total. The standard InChI is InChI=1S/C28H30ClN3O/c1-31(2)23-12-7-20(8-13-23)28(21-9-14-24(15-10-21)32(3)4)26-18-22(11-16-27(26)29)30-19-25-6-5-17-33-25/h5-18,28,30H,19H2,1-4H3. The maximum absolute atomic E-state index is 6.79. The maximum Gasteiger partial charge on any atom is 0.122 e. The smallest absolute Gasteiger partial charge is 0.122 e. The molecule has 0 spiro atoms. The van der Waals surface area contributed by atoms with E-state index in [0.717, 1.165) is 22.0 Å². The minimum absolute atomic E-state index is 0.00953. The van der Waals surface area contributed by atoms with Gasteiger partial charge >= 0.3 is 0 Å². The van der Waals surface area contributed by atoms with Crippen LogP contribution in [0.25, 0.3) is 0 Å². The number of furan rings is 1. The second kappa shape index (κ2) is 10.1. The van der Waals surface area contributed by atoms with Crippen molar-refractivity contribution >= 4 is 28.7 Å². The molecule has 0 amide bonds. The summed E-state index contributed by atoms with van der Waals surface area (Å²) in [5, 5.41) is 4.20. The Morgan fingerprint density at radius 2 is 1.36 bits per heavy atom. The SMILES string of the molecule is CN(C)c1ccc(C(c2ccc(N(C)C)cc2)c2cc(NCc3ccco3)ccc2Cl)cc1. The molecule has 1 aromatic heterocycles. The predicted molar refractivity (Wildman–Crippen MR) is 140 cm³/mol. The minimum Gasteiger partial charge on any atom is -0.467 e. The van der Waals surface area contributed by atoms with Crippen molar-refractivity contribution in [3.05, 3.63) is 113 Å². The van der Waals surface area contributed by atoms with Gasteiger partial charge in [-0.3, -0.25) is 0 Å². The van der Waals surface area contributed by atoms with Gasteiger partial charge in [-0.15, -0.1) is 0 Å². The van der Waals surface area contributed by atoms with Gasteiger partial charge in [0.05, 0.1) is 12.8 Å². The number of benzene rings is 3. The number of nitrogens with zero attached hydrogens (tertiary/aromatic N) is 2. The van der Waals surface area contributed by atoms with E-state index in [9.17, 15) is 0 Å². The van der Waals surface area contributed by atoms with Gasteiger partial charge in [-0.05, 0) is 71.3 Å². The number of hydrogen-bond donors (Lipinski definition) is 1. The Kier molecular flexibility index (Phi) is 6.95.